The van der Waals surface area contributed by atoms with Crippen molar-refractivity contribution in [3.63, 3.8) is 0 Å². The Morgan fingerprint density at radius 1 is 1.07 bits per heavy atom. The summed E-state index contributed by atoms with van der Waals surface area (Å²) < 4.78 is 6.16. The Balaban J connectivity index is 1.75. The van der Waals surface area contributed by atoms with Crippen LogP contribution in [0.15, 0.2) is 24.3 Å². The molecule has 3 aliphatic rings. The summed E-state index contributed by atoms with van der Waals surface area (Å²) in [6.07, 6.45) is 5.72. The molecular formula is C25H40N2O3. The minimum absolute atomic E-state index is 0.0181. The van der Waals surface area contributed by atoms with Crippen LogP contribution in [0.3, 0.4) is 0 Å². The number of rotatable bonds is 2. The zero-order chi connectivity index (χ0) is 21.6. The second-order valence-electron chi connectivity index (χ2n) is 10.5. The minimum Gasteiger partial charge on any atom is -0.491 e. The maximum atomic E-state index is 12.9. The average Bonchev–Trinajstić information content (AvgIpc) is 2.71. The number of piperidine rings is 1. The summed E-state index contributed by atoms with van der Waals surface area (Å²) in [6, 6.07) is 8.26. The fourth-order valence-corrected chi connectivity index (χ4v) is 4.68. The molecule has 5 heteroatoms. The second kappa shape index (κ2) is 10.1. The summed E-state index contributed by atoms with van der Waals surface area (Å²) in [5, 5.41) is 10.1. The number of nitrogens with zero attached hydrogens (tertiary/aromatic N) is 2. The third-order valence-electron chi connectivity index (χ3n) is 6.66. The monoisotopic (exact) mass is 416 g/mol. The van der Waals surface area contributed by atoms with Gasteiger partial charge in [-0.25, -0.2) is 0 Å². The van der Waals surface area contributed by atoms with E-state index >= 15 is 0 Å². The lowest BCUT2D eigenvalue weighted by Crippen LogP contribution is -2.41. The van der Waals surface area contributed by atoms with Crippen molar-refractivity contribution in [1.82, 2.24) is 9.80 Å². The van der Waals surface area contributed by atoms with E-state index < -0.39 is 0 Å². The van der Waals surface area contributed by atoms with Crippen LogP contribution in [0.2, 0.25) is 0 Å². The van der Waals surface area contributed by atoms with Crippen LogP contribution in [0.5, 0.6) is 5.75 Å². The van der Waals surface area contributed by atoms with Gasteiger partial charge in [-0.05, 0) is 55.7 Å². The molecule has 5 nitrogen and oxygen atoms in total. The highest BCUT2D eigenvalue weighted by atomic mass is 16.5. The first-order valence-electron chi connectivity index (χ1n) is 11.6. The van der Waals surface area contributed by atoms with Gasteiger partial charge in [0.05, 0.1) is 6.54 Å². The quantitative estimate of drug-likeness (QED) is 0.789. The van der Waals surface area contributed by atoms with Crippen LogP contribution in [-0.4, -0.2) is 60.2 Å². The number of hydrogen-bond donors (Lipinski definition) is 1. The average molecular weight is 417 g/mol. The van der Waals surface area contributed by atoms with Gasteiger partial charge in [-0.3, -0.25) is 9.69 Å². The number of hydrogen-bond acceptors (Lipinski definition) is 4. The number of para-hydroxylation sites is 1. The number of carbonyl (C=O) groups is 1. The Bertz CT molecular complexity index is 690. The van der Waals surface area contributed by atoms with Crippen molar-refractivity contribution in [3.05, 3.63) is 29.8 Å². The number of aliphatic hydroxyl groups excluding tert-OH is 1. The summed E-state index contributed by atoms with van der Waals surface area (Å²) >= 11 is 0. The largest absolute Gasteiger partial charge is 0.491 e. The molecule has 0 unspecified atom stereocenters. The van der Waals surface area contributed by atoms with Crippen LogP contribution in [0.25, 0.3) is 0 Å². The van der Waals surface area contributed by atoms with Gasteiger partial charge in [-0.15, -0.1) is 0 Å². The first-order valence-corrected chi connectivity index (χ1v) is 11.6. The van der Waals surface area contributed by atoms with Crippen molar-refractivity contribution < 1.29 is 14.6 Å². The highest BCUT2D eigenvalue weighted by Crippen LogP contribution is 2.37. The maximum absolute atomic E-state index is 12.9. The molecule has 0 saturated carbocycles. The van der Waals surface area contributed by atoms with Crippen molar-refractivity contribution >= 4 is 5.91 Å². The summed E-state index contributed by atoms with van der Waals surface area (Å²) in [4.78, 5) is 17.4. The van der Waals surface area contributed by atoms with Crippen molar-refractivity contribution in [2.75, 3.05) is 39.4 Å². The van der Waals surface area contributed by atoms with Gasteiger partial charge < -0.3 is 14.7 Å². The molecule has 3 aliphatic heterocycles. The number of aliphatic hydroxyl groups is 1. The number of benzene rings is 1. The zero-order valence-electron chi connectivity index (χ0n) is 19.2. The molecule has 1 aromatic carbocycles. The van der Waals surface area contributed by atoms with Gasteiger partial charge in [0.1, 0.15) is 12.4 Å². The molecule has 4 rings (SSSR count). The summed E-state index contributed by atoms with van der Waals surface area (Å²) in [7, 11) is 0. The molecule has 2 bridgehead atoms. The molecule has 1 aromatic rings. The van der Waals surface area contributed by atoms with Gasteiger partial charge in [0.25, 0.3) is 0 Å². The molecule has 1 saturated heterocycles. The highest BCUT2D eigenvalue weighted by Gasteiger charge is 2.34. The molecule has 1 N–H and O–H groups in total. The van der Waals surface area contributed by atoms with Crippen LogP contribution in [0.1, 0.15) is 64.9 Å². The normalized spacial score (nSPS) is 26.3. The van der Waals surface area contributed by atoms with E-state index in [4.69, 9.17) is 4.74 Å². The second-order valence-corrected chi connectivity index (χ2v) is 10.5. The summed E-state index contributed by atoms with van der Waals surface area (Å²) in [6.45, 7) is 11.4. The minimum atomic E-state index is -0.0181. The van der Waals surface area contributed by atoms with Crippen LogP contribution in [0, 0.1) is 10.8 Å². The number of amides is 1. The van der Waals surface area contributed by atoms with Gasteiger partial charge >= 0.3 is 0 Å². The molecule has 168 valence electrons. The van der Waals surface area contributed by atoms with E-state index in [0.29, 0.717) is 19.6 Å². The molecule has 3 heterocycles. The topological polar surface area (TPSA) is 53.0 Å². The van der Waals surface area contributed by atoms with Gasteiger partial charge in [0.2, 0.25) is 5.91 Å². The molecule has 0 radical (unpaired) electrons. The Labute approximate surface area is 182 Å². The smallest absolute Gasteiger partial charge is 0.223 e. The predicted molar refractivity (Wildman–Crippen MR) is 120 cm³/mol. The zero-order valence-corrected chi connectivity index (χ0v) is 19.2. The van der Waals surface area contributed by atoms with Gasteiger partial charge in [0, 0.05) is 31.7 Å². The lowest BCUT2D eigenvalue weighted by molar-refractivity contribution is -0.133. The fraction of sp³-hybridized carbons (Fsp3) is 0.720. The van der Waals surface area contributed by atoms with Crippen molar-refractivity contribution in [3.8, 4) is 5.75 Å². The third-order valence-corrected chi connectivity index (χ3v) is 6.66. The van der Waals surface area contributed by atoms with E-state index in [1.807, 2.05) is 17.0 Å². The SMILES string of the molecule is CC(C)(C)CC(=O)N1CCCCC2(CO)CCN(CC2)Cc2ccccc2OCC1. The van der Waals surface area contributed by atoms with E-state index in [9.17, 15) is 9.90 Å². The molecule has 30 heavy (non-hydrogen) atoms. The number of ether oxygens (including phenoxy) is 1. The Morgan fingerprint density at radius 3 is 2.50 bits per heavy atom. The number of carbonyl (C=O) groups excluding carboxylic acids is 1. The summed E-state index contributed by atoms with van der Waals surface area (Å²) in [5.74, 6) is 1.14. The Morgan fingerprint density at radius 2 is 1.80 bits per heavy atom. The first-order chi connectivity index (χ1) is 14.3. The van der Waals surface area contributed by atoms with E-state index in [1.165, 1.54) is 5.56 Å². The molecule has 0 aliphatic carbocycles. The molecule has 0 atom stereocenters. The van der Waals surface area contributed by atoms with Gasteiger partial charge in [-0.2, -0.15) is 0 Å². The summed E-state index contributed by atoms with van der Waals surface area (Å²) in [5.41, 5.74) is 1.24. The van der Waals surface area contributed by atoms with Crippen LogP contribution < -0.4 is 4.74 Å². The number of fused-ring (bicyclic) bond motifs is 9. The third kappa shape index (κ3) is 6.45. The molecular weight excluding hydrogens is 376 g/mol. The Hall–Kier alpha value is -1.59. The lowest BCUT2D eigenvalue weighted by atomic mass is 9.75. The molecule has 1 fully saturated rings. The lowest BCUT2D eigenvalue weighted by Gasteiger charge is -2.41. The maximum Gasteiger partial charge on any atom is 0.223 e. The van der Waals surface area contributed by atoms with Crippen molar-refractivity contribution in [2.24, 2.45) is 10.8 Å². The Kier molecular flexibility index (Phi) is 7.81. The van der Waals surface area contributed by atoms with Crippen LogP contribution in [-0.2, 0) is 11.3 Å². The van der Waals surface area contributed by atoms with Gasteiger partial charge in [-0.1, -0.05) is 45.4 Å². The standard InChI is InChI=1S/C25H40N2O3/c1-24(2,3)18-23(29)27-13-7-6-10-25(20-28)11-14-26(15-12-25)19-21-8-4-5-9-22(21)30-17-16-27/h4-5,8-9,28H,6-7,10-20H2,1-3H3. The molecule has 1 amide bonds. The van der Waals surface area contributed by atoms with E-state index in [-0.39, 0.29) is 23.3 Å². The molecule has 0 aromatic heterocycles. The highest BCUT2D eigenvalue weighted by molar-refractivity contribution is 5.76. The molecule has 0 spiro atoms. The fourth-order valence-electron chi connectivity index (χ4n) is 4.68. The van der Waals surface area contributed by atoms with E-state index in [1.54, 1.807) is 0 Å². The first kappa shape index (κ1) is 23.1. The van der Waals surface area contributed by atoms with Crippen LogP contribution >= 0.6 is 0 Å². The van der Waals surface area contributed by atoms with E-state index in [2.05, 4.69) is 37.8 Å². The predicted octanol–water partition coefficient (Wildman–Crippen LogP) is 4.09. The van der Waals surface area contributed by atoms with E-state index in [0.717, 1.165) is 64.0 Å². The van der Waals surface area contributed by atoms with Gasteiger partial charge in [0.15, 0.2) is 0 Å². The van der Waals surface area contributed by atoms with Crippen LogP contribution in [0.4, 0.5) is 0 Å². The van der Waals surface area contributed by atoms with Crippen molar-refractivity contribution in [2.45, 2.75) is 65.8 Å². The van der Waals surface area contributed by atoms with Crippen molar-refractivity contribution in [1.29, 1.82) is 0 Å².